The Morgan fingerprint density at radius 1 is 1.13 bits per heavy atom. The Balaban J connectivity index is 1.62. The molecule has 1 unspecified atom stereocenters. The fourth-order valence-corrected chi connectivity index (χ4v) is 4.89. The molecule has 0 bridgehead atoms. The van der Waals surface area contributed by atoms with Gasteiger partial charge < -0.3 is 60.4 Å². The Hall–Kier alpha value is -3.73. The first-order chi connectivity index (χ1) is 18.4. The number of quaternary nitrogens is 1. The number of hydrogen-bond donors (Lipinski definition) is 9. The van der Waals surface area contributed by atoms with E-state index in [2.05, 4.69) is 5.32 Å². The average molecular weight is 552 g/mol. The second kappa shape index (κ2) is 11.2. The molecule has 39 heavy (non-hydrogen) atoms. The maximum absolute atomic E-state index is 11.9. The number of aromatic hydroxyl groups is 1. The zero-order chi connectivity index (χ0) is 28.6. The van der Waals surface area contributed by atoms with Crippen LogP contribution in [0, 0.1) is 0 Å². The van der Waals surface area contributed by atoms with Crippen molar-refractivity contribution >= 4 is 23.6 Å². The predicted molar refractivity (Wildman–Crippen MR) is 123 cm³/mol. The van der Waals surface area contributed by atoms with Gasteiger partial charge in [0.1, 0.15) is 60.4 Å². The van der Waals surface area contributed by atoms with E-state index in [4.69, 9.17) is 9.47 Å². The fraction of sp³-hybridized carbons (Fsp3) is 0.458. The molecule has 8 atom stereocenters. The van der Waals surface area contributed by atoms with Crippen molar-refractivity contribution in [1.82, 2.24) is 5.32 Å². The normalized spacial score (nSPS) is 33.1. The number of hydrogen-bond acceptors (Lipinski definition) is 12. The van der Waals surface area contributed by atoms with Crippen LogP contribution in [0.15, 0.2) is 35.6 Å². The molecule has 9 N–H and O–H groups in total. The molecule has 0 aromatic heterocycles. The summed E-state index contributed by atoms with van der Waals surface area (Å²) in [5.74, 6) is -4.69. The molecule has 15 nitrogen and oxygen atoms in total. The lowest BCUT2D eigenvalue weighted by molar-refractivity contribution is -0.840. The van der Waals surface area contributed by atoms with E-state index in [1.807, 2.05) is 0 Å². The van der Waals surface area contributed by atoms with E-state index in [1.54, 1.807) is 0 Å². The van der Waals surface area contributed by atoms with Crippen LogP contribution in [-0.4, -0.2) is 110 Å². The molecule has 1 fully saturated rings. The molecule has 3 aliphatic heterocycles. The van der Waals surface area contributed by atoms with Gasteiger partial charge in [0, 0.05) is 24.5 Å². The molecule has 1 saturated heterocycles. The van der Waals surface area contributed by atoms with E-state index in [-0.39, 0.29) is 30.8 Å². The largest absolute Gasteiger partial charge is 0.544 e. The van der Waals surface area contributed by atoms with Crippen LogP contribution >= 0.6 is 0 Å². The lowest BCUT2D eigenvalue weighted by Gasteiger charge is -2.39. The number of phenols is 1. The molecule has 0 amide bonds. The van der Waals surface area contributed by atoms with E-state index in [0.717, 1.165) is 0 Å². The number of nitrogens with one attached hydrogen (secondary N) is 2. The molecule has 3 aliphatic rings. The molecule has 212 valence electrons. The zero-order valence-electron chi connectivity index (χ0n) is 20.3. The number of carbonyl (C=O) groups excluding carboxylic acids is 1. The molecule has 0 saturated carbocycles. The van der Waals surface area contributed by atoms with Crippen molar-refractivity contribution in [1.29, 1.82) is 0 Å². The highest BCUT2D eigenvalue weighted by Crippen LogP contribution is 2.36. The monoisotopic (exact) mass is 552 g/mol. The topological polar surface area (TPSA) is 251 Å². The molecule has 0 radical (unpaired) electrons. The minimum atomic E-state index is -1.75. The summed E-state index contributed by atoms with van der Waals surface area (Å²) in [6, 6.07) is 0.265. The summed E-state index contributed by atoms with van der Waals surface area (Å²) in [6.07, 6.45) is -5.26. The highest BCUT2D eigenvalue weighted by molar-refractivity contribution is 5.89. The molecular formula is C24H28N2O13. The van der Waals surface area contributed by atoms with Crippen molar-refractivity contribution in [3.63, 3.8) is 0 Å². The van der Waals surface area contributed by atoms with Gasteiger partial charge in [0.2, 0.25) is 6.29 Å². The first-order valence-electron chi connectivity index (χ1n) is 11.9. The zero-order valence-corrected chi connectivity index (χ0v) is 20.3. The third-order valence-corrected chi connectivity index (χ3v) is 6.96. The van der Waals surface area contributed by atoms with E-state index < -0.39 is 73.1 Å². The van der Waals surface area contributed by atoms with E-state index >= 15 is 0 Å². The maximum Gasteiger partial charge on any atom is 0.351 e. The van der Waals surface area contributed by atoms with Crippen LogP contribution in [0.4, 0.5) is 5.69 Å². The number of aliphatic hydroxyl groups excluding tert-OH is 4. The molecule has 3 heterocycles. The van der Waals surface area contributed by atoms with Crippen molar-refractivity contribution in [2.24, 2.45) is 0 Å². The Kier molecular flexibility index (Phi) is 8.10. The summed E-state index contributed by atoms with van der Waals surface area (Å²) in [5, 5.41) is 83.1. The molecule has 0 spiro atoms. The van der Waals surface area contributed by atoms with Gasteiger partial charge in [-0.3, -0.25) is 4.90 Å². The number of allylic oxidation sites excluding steroid dienone is 1. The van der Waals surface area contributed by atoms with Gasteiger partial charge in [-0.15, -0.1) is 0 Å². The minimum absolute atomic E-state index is 0.0268. The lowest BCUT2D eigenvalue weighted by atomic mass is 9.99. The first-order valence-corrected chi connectivity index (χ1v) is 11.9. The summed E-state index contributed by atoms with van der Waals surface area (Å²) in [6.45, 7) is -0.724. The SMILES string of the molecule is O=C(O)C1=CC(=CC[NH+]2c3cc(O[C@@H]4O[C@H](CO)[C@@H](O)[C@H](O)[C@H]4O)c(O)cc3C[C@@H]2C(=O)[O-])C[C@@H](C(=O)O)N1. The Morgan fingerprint density at radius 3 is 2.46 bits per heavy atom. The number of benzene rings is 1. The van der Waals surface area contributed by atoms with Crippen LogP contribution in [0.25, 0.3) is 0 Å². The standard InChI is InChI=1S/C24H28N2O13/c27-8-17-18(29)19(30)20(31)24(39-17)38-16-7-13-10(6-15(16)28)5-14(23(36)37)26(13)2-1-9-3-11(21(32)33)25-12(4-9)22(34)35/h1,3,6-7,12,14,17-20,24-25,27-31H,2,4-5,8H2,(H,32,33)(H,34,35)(H,36,37)/t12-,14+,17+,18+,19-,20+,24+/m0/s1. The number of rotatable bonds is 8. The molecule has 1 aromatic carbocycles. The van der Waals surface area contributed by atoms with Gasteiger partial charge in [-0.1, -0.05) is 0 Å². The van der Waals surface area contributed by atoms with Crippen LogP contribution in [-0.2, 0) is 25.5 Å². The summed E-state index contributed by atoms with van der Waals surface area (Å²) in [5.41, 5.74) is 0.831. The van der Waals surface area contributed by atoms with Crippen LogP contribution in [0.3, 0.4) is 0 Å². The van der Waals surface area contributed by atoms with Gasteiger partial charge in [-0.05, 0) is 23.8 Å². The summed E-state index contributed by atoms with van der Waals surface area (Å²) < 4.78 is 10.9. The summed E-state index contributed by atoms with van der Waals surface area (Å²) >= 11 is 0. The van der Waals surface area contributed by atoms with Crippen molar-refractivity contribution in [3.8, 4) is 11.5 Å². The maximum atomic E-state index is 11.9. The van der Waals surface area contributed by atoms with E-state index in [1.165, 1.54) is 24.3 Å². The number of carboxylic acids is 3. The van der Waals surface area contributed by atoms with Crippen molar-refractivity contribution < 1.29 is 69.6 Å². The Morgan fingerprint density at radius 2 is 1.85 bits per heavy atom. The number of carboxylic acid groups (broad SMARTS) is 3. The quantitative estimate of drug-likeness (QED) is 0.137. The van der Waals surface area contributed by atoms with Crippen LogP contribution in [0.1, 0.15) is 12.0 Å². The van der Waals surface area contributed by atoms with Gasteiger partial charge in [0.05, 0.1) is 6.61 Å². The Labute approximate surface area is 220 Å². The average Bonchev–Trinajstić information content (AvgIpc) is 3.24. The van der Waals surface area contributed by atoms with Crippen LogP contribution in [0.2, 0.25) is 0 Å². The number of ether oxygens (including phenoxy) is 2. The number of aliphatic hydroxyl groups is 4. The van der Waals surface area contributed by atoms with Gasteiger partial charge in [0.25, 0.3) is 0 Å². The van der Waals surface area contributed by atoms with Crippen molar-refractivity contribution in [2.75, 3.05) is 13.2 Å². The number of aliphatic carboxylic acids is 3. The minimum Gasteiger partial charge on any atom is -0.544 e. The van der Waals surface area contributed by atoms with Crippen LogP contribution in [0.5, 0.6) is 11.5 Å². The first kappa shape index (κ1) is 28.3. The fourth-order valence-electron chi connectivity index (χ4n) is 4.89. The van der Waals surface area contributed by atoms with E-state index in [0.29, 0.717) is 21.7 Å². The molecule has 4 rings (SSSR count). The molecule has 0 aliphatic carbocycles. The van der Waals surface area contributed by atoms with Crippen LogP contribution < -0.4 is 20.1 Å². The van der Waals surface area contributed by atoms with Gasteiger partial charge in [0.15, 0.2) is 11.5 Å². The third kappa shape index (κ3) is 5.68. The van der Waals surface area contributed by atoms with Crippen molar-refractivity contribution in [3.05, 3.63) is 41.1 Å². The highest BCUT2D eigenvalue weighted by atomic mass is 16.7. The third-order valence-electron chi connectivity index (χ3n) is 6.96. The second-order valence-electron chi connectivity index (χ2n) is 9.48. The van der Waals surface area contributed by atoms with Gasteiger partial charge in [-0.25, -0.2) is 9.59 Å². The summed E-state index contributed by atoms with van der Waals surface area (Å²) in [7, 11) is 0. The van der Waals surface area contributed by atoms with Gasteiger partial charge in [-0.2, -0.15) is 0 Å². The molecule has 15 heteroatoms. The second-order valence-corrected chi connectivity index (χ2v) is 9.48. The highest BCUT2D eigenvalue weighted by Gasteiger charge is 2.45. The van der Waals surface area contributed by atoms with E-state index in [9.17, 15) is 55.2 Å². The number of phenolic OH excluding ortho intramolecular Hbond substituents is 1. The summed E-state index contributed by atoms with van der Waals surface area (Å²) in [4.78, 5) is 35.1. The lowest BCUT2D eigenvalue weighted by Crippen LogP contribution is -3.11. The molecular weight excluding hydrogens is 524 g/mol. The smallest absolute Gasteiger partial charge is 0.351 e. The van der Waals surface area contributed by atoms with Crippen molar-refractivity contribution in [2.45, 2.75) is 55.6 Å². The van der Waals surface area contributed by atoms with Gasteiger partial charge >= 0.3 is 11.9 Å². The number of fused-ring (bicyclic) bond motifs is 1. The predicted octanol–water partition coefficient (Wildman–Crippen LogP) is -4.90. The number of carbonyl (C=O) groups is 3. The molecule has 1 aromatic rings. The Bertz CT molecular complexity index is 1210.